The second-order valence-corrected chi connectivity index (χ2v) is 7.19. The molecular weight excluding hydrogens is 409 g/mol. The zero-order chi connectivity index (χ0) is 13.4. The highest BCUT2D eigenvalue weighted by molar-refractivity contribution is 9.10. The van der Waals surface area contributed by atoms with Crippen molar-refractivity contribution < 1.29 is 8.78 Å². The highest BCUT2D eigenvalue weighted by Gasteiger charge is 2.22. The maximum absolute atomic E-state index is 13.8. The average molecular weight is 417 g/mol. The van der Waals surface area contributed by atoms with Gasteiger partial charge in [-0.05, 0) is 41.1 Å². The Hall–Kier alpha value is 0.0300. The predicted molar refractivity (Wildman–Crippen MR) is 78.5 cm³/mol. The number of benzene rings is 1. The molecule has 0 saturated heterocycles. The first kappa shape index (κ1) is 14.4. The Labute approximate surface area is 129 Å². The minimum absolute atomic E-state index is 0.117. The van der Waals surface area contributed by atoms with Crippen LogP contribution in [-0.2, 0) is 0 Å². The third-order valence-electron chi connectivity index (χ3n) is 2.42. The van der Waals surface area contributed by atoms with Crippen LogP contribution < -0.4 is 0 Å². The topological polar surface area (TPSA) is 0 Å². The number of halogens is 5. The van der Waals surface area contributed by atoms with Gasteiger partial charge in [-0.2, -0.15) is 0 Å². The summed E-state index contributed by atoms with van der Waals surface area (Å²) in [4.78, 5) is 1.73. The highest BCUT2D eigenvalue weighted by Crippen LogP contribution is 2.39. The quantitative estimate of drug-likeness (QED) is 0.512. The Morgan fingerprint density at radius 2 is 1.72 bits per heavy atom. The summed E-state index contributed by atoms with van der Waals surface area (Å²) in [7, 11) is 0. The number of thiophene rings is 1. The maximum Gasteiger partial charge on any atom is 0.132 e. The van der Waals surface area contributed by atoms with Gasteiger partial charge in [0, 0.05) is 24.3 Å². The number of hydrogen-bond donors (Lipinski definition) is 0. The van der Waals surface area contributed by atoms with Gasteiger partial charge in [0.1, 0.15) is 11.6 Å². The first-order valence-electron chi connectivity index (χ1n) is 4.94. The lowest BCUT2D eigenvalue weighted by Crippen LogP contribution is -1.99. The van der Waals surface area contributed by atoms with Gasteiger partial charge < -0.3 is 0 Å². The number of rotatable bonds is 2. The summed E-state index contributed by atoms with van der Waals surface area (Å²) in [5, 5.41) is -0.826. The van der Waals surface area contributed by atoms with E-state index >= 15 is 0 Å². The lowest BCUT2D eigenvalue weighted by Gasteiger charge is -2.10. The fourth-order valence-corrected chi connectivity index (χ4v) is 3.90. The zero-order valence-corrected chi connectivity index (χ0v) is 13.9. The van der Waals surface area contributed by atoms with Crippen molar-refractivity contribution in [2.45, 2.75) is 12.3 Å². The fraction of sp³-hybridized carbons (Fsp3) is 0.167. The SMILES string of the molecule is Cc1sc(C(Cl)c2c(F)cc(Br)cc2F)cc1Br. The summed E-state index contributed by atoms with van der Waals surface area (Å²) in [6, 6.07) is 4.21. The van der Waals surface area contributed by atoms with E-state index in [1.165, 1.54) is 23.5 Å². The minimum atomic E-state index is -0.826. The summed E-state index contributed by atoms with van der Waals surface area (Å²) in [6.07, 6.45) is 0. The minimum Gasteiger partial charge on any atom is -0.206 e. The lowest BCUT2D eigenvalue weighted by molar-refractivity contribution is 0.558. The molecule has 0 amide bonds. The van der Waals surface area contributed by atoms with Crippen LogP contribution in [0.15, 0.2) is 27.1 Å². The van der Waals surface area contributed by atoms with Gasteiger partial charge in [0.2, 0.25) is 0 Å². The van der Waals surface area contributed by atoms with E-state index in [0.29, 0.717) is 9.35 Å². The molecule has 0 bridgehead atoms. The second-order valence-electron chi connectivity index (χ2n) is 3.70. The van der Waals surface area contributed by atoms with Gasteiger partial charge >= 0.3 is 0 Å². The molecule has 1 unspecified atom stereocenters. The molecular formula is C12H7Br2ClF2S. The van der Waals surface area contributed by atoms with E-state index in [4.69, 9.17) is 11.6 Å². The van der Waals surface area contributed by atoms with Crippen LogP contribution >= 0.6 is 54.8 Å². The van der Waals surface area contributed by atoms with Crippen molar-refractivity contribution in [3.05, 3.63) is 54.1 Å². The number of hydrogen-bond acceptors (Lipinski definition) is 1. The van der Waals surface area contributed by atoms with Crippen LogP contribution in [0.3, 0.4) is 0 Å². The number of alkyl halides is 1. The van der Waals surface area contributed by atoms with Crippen molar-refractivity contribution in [1.82, 2.24) is 0 Å². The molecule has 2 rings (SSSR count). The summed E-state index contributed by atoms with van der Waals surface area (Å²) >= 11 is 14.0. The summed E-state index contributed by atoms with van der Waals surface area (Å²) < 4.78 is 28.8. The summed E-state index contributed by atoms with van der Waals surface area (Å²) in [6.45, 7) is 1.91. The van der Waals surface area contributed by atoms with E-state index in [9.17, 15) is 8.78 Å². The van der Waals surface area contributed by atoms with Gasteiger partial charge in [0.05, 0.1) is 5.38 Å². The molecule has 0 aliphatic carbocycles. The lowest BCUT2D eigenvalue weighted by atomic mass is 10.1. The Morgan fingerprint density at radius 3 is 2.17 bits per heavy atom. The predicted octanol–water partition coefficient (Wildman–Crippen LogP) is 6.19. The van der Waals surface area contributed by atoms with E-state index in [0.717, 1.165) is 9.35 Å². The van der Waals surface area contributed by atoms with E-state index < -0.39 is 17.0 Å². The van der Waals surface area contributed by atoms with Crippen LogP contribution in [0.4, 0.5) is 8.78 Å². The van der Waals surface area contributed by atoms with Crippen molar-refractivity contribution in [2.24, 2.45) is 0 Å². The van der Waals surface area contributed by atoms with Crippen LogP contribution in [0.1, 0.15) is 20.7 Å². The highest BCUT2D eigenvalue weighted by atomic mass is 79.9. The molecule has 6 heteroatoms. The molecule has 0 spiro atoms. The van der Waals surface area contributed by atoms with Crippen molar-refractivity contribution in [1.29, 1.82) is 0 Å². The molecule has 18 heavy (non-hydrogen) atoms. The van der Waals surface area contributed by atoms with Crippen LogP contribution in [0.5, 0.6) is 0 Å². The third-order valence-corrected chi connectivity index (χ3v) is 5.67. The van der Waals surface area contributed by atoms with Gasteiger partial charge in [-0.15, -0.1) is 22.9 Å². The Balaban J connectivity index is 2.49. The molecule has 0 N–H and O–H groups in total. The van der Waals surface area contributed by atoms with E-state index in [-0.39, 0.29) is 5.56 Å². The zero-order valence-electron chi connectivity index (χ0n) is 9.11. The van der Waals surface area contributed by atoms with E-state index in [1.807, 2.05) is 6.92 Å². The van der Waals surface area contributed by atoms with Crippen LogP contribution in [0.2, 0.25) is 0 Å². The van der Waals surface area contributed by atoms with Crippen molar-refractivity contribution >= 4 is 54.8 Å². The van der Waals surface area contributed by atoms with Gasteiger partial charge in [0.15, 0.2) is 0 Å². The molecule has 0 fully saturated rings. The standard InChI is InChI=1S/C12H7Br2ClF2S/c1-5-7(14)4-10(18-5)12(15)11-8(16)2-6(13)3-9(11)17/h2-4,12H,1H3. The molecule has 0 radical (unpaired) electrons. The third kappa shape index (κ3) is 2.79. The fourth-order valence-electron chi connectivity index (χ4n) is 1.54. The van der Waals surface area contributed by atoms with Gasteiger partial charge in [0.25, 0.3) is 0 Å². The first-order valence-corrected chi connectivity index (χ1v) is 7.78. The monoisotopic (exact) mass is 414 g/mol. The summed E-state index contributed by atoms with van der Waals surface area (Å²) in [5.74, 6) is -1.30. The normalized spacial score (nSPS) is 12.8. The molecule has 0 nitrogen and oxygen atoms in total. The molecule has 96 valence electrons. The first-order chi connectivity index (χ1) is 8.40. The van der Waals surface area contributed by atoms with Gasteiger partial charge in [-0.25, -0.2) is 8.78 Å². The molecule has 0 aliphatic heterocycles. The molecule has 1 atom stereocenters. The van der Waals surface area contributed by atoms with Gasteiger partial charge in [-0.3, -0.25) is 0 Å². The Bertz CT molecular complexity index is 555. The van der Waals surface area contributed by atoms with Gasteiger partial charge in [-0.1, -0.05) is 15.9 Å². The second kappa shape index (κ2) is 5.57. The molecule has 1 aromatic heterocycles. The molecule has 1 aromatic carbocycles. The molecule has 0 saturated carbocycles. The van der Waals surface area contributed by atoms with Crippen LogP contribution in [0.25, 0.3) is 0 Å². The molecule has 1 heterocycles. The Morgan fingerprint density at radius 1 is 1.17 bits per heavy atom. The molecule has 0 aliphatic rings. The smallest absolute Gasteiger partial charge is 0.132 e. The Kier molecular flexibility index (Phi) is 4.47. The van der Waals surface area contributed by atoms with Crippen LogP contribution in [-0.4, -0.2) is 0 Å². The molecule has 2 aromatic rings. The van der Waals surface area contributed by atoms with Crippen molar-refractivity contribution in [2.75, 3.05) is 0 Å². The summed E-state index contributed by atoms with van der Waals surface area (Å²) in [5.41, 5.74) is -0.117. The largest absolute Gasteiger partial charge is 0.206 e. The van der Waals surface area contributed by atoms with E-state index in [2.05, 4.69) is 31.9 Å². The van der Waals surface area contributed by atoms with E-state index in [1.54, 1.807) is 6.07 Å². The number of aryl methyl sites for hydroxylation is 1. The average Bonchev–Trinajstić information content (AvgIpc) is 2.57. The van der Waals surface area contributed by atoms with Crippen molar-refractivity contribution in [3.63, 3.8) is 0 Å². The maximum atomic E-state index is 13.8. The van der Waals surface area contributed by atoms with Crippen LogP contribution in [0, 0.1) is 18.6 Å². The van der Waals surface area contributed by atoms with Crippen molar-refractivity contribution in [3.8, 4) is 0 Å².